The summed E-state index contributed by atoms with van der Waals surface area (Å²) in [4.78, 5) is 11.7. The van der Waals surface area contributed by atoms with Crippen LogP contribution in [0.3, 0.4) is 0 Å². The number of carbonyl (C=O) groups is 1. The van der Waals surface area contributed by atoms with Crippen LogP contribution in [0.1, 0.15) is 18.5 Å². The molecule has 1 rings (SSSR count). The summed E-state index contributed by atoms with van der Waals surface area (Å²) in [7, 11) is 1.80. The van der Waals surface area contributed by atoms with Crippen LogP contribution in [0.5, 0.6) is 0 Å². The molecule has 0 saturated heterocycles. The van der Waals surface area contributed by atoms with Crippen LogP contribution in [-0.2, 0) is 16.6 Å². The van der Waals surface area contributed by atoms with Gasteiger partial charge in [-0.2, -0.15) is 5.10 Å². The summed E-state index contributed by atoms with van der Waals surface area (Å²) in [6.45, 7) is 6.29. The molecular formula is C11H17N3O2. The van der Waals surface area contributed by atoms with Gasteiger partial charge >= 0.3 is 5.97 Å². The van der Waals surface area contributed by atoms with Crippen LogP contribution >= 0.6 is 0 Å². The fourth-order valence-electron chi connectivity index (χ4n) is 1.35. The van der Waals surface area contributed by atoms with Crippen molar-refractivity contribution in [3.8, 4) is 0 Å². The van der Waals surface area contributed by atoms with E-state index in [1.807, 2.05) is 0 Å². The minimum Gasteiger partial charge on any atom is -0.465 e. The number of aromatic nitrogens is 2. The van der Waals surface area contributed by atoms with E-state index in [0.717, 1.165) is 5.56 Å². The van der Waals surface area contributed by atoms with Gasteiger partial charge in [-0.15, -0.1) is 6.58 Å². The minimum absolute atomic E-state index is 0.294. The van der Waals surface area contributed by atoms with Crippen LogP contribution in [0.4, 0.5) is 0 Å². The van der Waals surface area contributed by atoms with Gasteiger partial charge < -0.3 is 4.74 Å². The molecule has 1 N–H and O–H groups in total. The molecular weight excluding hydrogens is 206 g/mol. The molecule has 1 unspecified atom stereocenters. The Morgan fingerprint density at radius 1 is 1.81 bits per heavy atom. The molecule has 0 spiro atoms. The molecule has 1 atom stereocenters. The second-order valence-electron chi connectivity index (χ2n) is 3.33. The van der Waals surface area contributed by atoms with Crippen LogP contribution in [0.25, 0.3) is 0 Å². The molecule has 0 amide bonds. The van der Waals surface area contributed by atoms with Crippen LogP contribution in [0.2, 0.25) is 0 Å². The number of aryl methyl sites for hydroxylation is 1. The van der Waals surface area contributed by atoms with Gasteiger partial charge in [0.15, 0.2) is 0 Å². The number of ether oxygens (including phenoxy) is 1. The standard InChI is InChI=1S/C11H17N3O2/c1-4-6-12-10(11(15)16-5-2)9-7-13-14(3)8-9/h4,7-8,10,12H,1,5-6H2,2-3H3. The molecule has 1 aromatic rings. The van der Waals surface area contributed by atoms with E-state index in [4.69, 9.17) is 4.74 Å². The summed E-state index contributed by atoms with van der Waals surface area (Å²) in [5.41, 5.74) is 0.794. The van der Waals surface area contributed by atoms with E-state index in [-0.39, 0.29) is 5.97 Å². The monoisotopic (exact) mass is 223 g/mol. The van der Waals surface area contributed by atoms with Gasteiger partial charge in [0.05, 0.1) is 12.8 Å². The lowest BCUT2D eigenvalue weighted by molar-refractivity contribution is -0.145. The molecule has 0 radical (unpaired) electrons. The lowest BCUT2D eigenvalue weighted by atomic mass is 10.1. The zero-order valence-corrected chi connectivity index (χ0v) is 9.64. The Bertz CT molecular complexity index is 360. The topological polar surface area (TPSA) is 56.1 Å². The molecule has 0 aliphatic carbocycles. The Labute approximate surface area is 95.1 Å². The van der Waals surface area contributed by atoms with E-state index < -0.39 is 6.04 Å². The number of hydrogen-bond donors (Lipinski definition) is 1. The first-order valence-electron chi connectivity index (χ1n) is 5.18. The van der Waals surface area contributed by atoms with E-state index in [9.17, 15) is 4.79 Å². The maximum absolute atomic E-state index is 11.7. The first-order valence-corrected chi connectivity index (χ1v) is 5.18. The molecule has 0 aliphatic heterocycles. The zero-order valence-electron chi connectivity index (χ0n) is 9.64. The molecule has 0 aromatic carbocycles. The first kappa shape index (κ1) is 12.4. The second-order valence-corrected chi connectivity index (χ2v) is 3.33. The van der Waals surface area contributed by atoms with E-state index in [1.54, 1.807) is 37.1 Å². The van der Waals surface area contributed by atoms with Crippen LogP contribution in [0.15, 0.2) is 25.0 Å². The average Bonchev–Trinajstić information content (AvgIpc) is 2.66. The van der Waals surface area contributed by atoms with Crippen LogP contribution in [0, 0.1) is 0 Å². The summed E-state index contributed by atoms with van der Waals surface area (Å²) in [5.74, 6) is -0.294. The number of carbonyl (C=O) groups excluding carboxylic acids is 1. The van der Waals surface area contributed by atoms with Gasteiger partial charge in [0.25, 0.3) is 0 Å². The van der Waals surface area contributed by atoms with E-state index in [0.29, 0.717) is 13.2 Å². The van der Waals surface area contributed by atoms with Crippen molar-refractivity contribution in [2.24, 2.45) is 7.05 Å². The summed E-state index contributed by atoms with van der Waals surface area (Å²) in [5, 5.41) is 7.07. The summed E-state index contributed by atoms with van der Waals surface area (Å²) >= 11 is 0. The van der Waals surface area contributed by atoms with Crippen molar-refractivity contribution in [1.82, 2.24) is 15.1 Å². The Morgan fingerprint density at radius 2 is 2.56 bits per heavy atom. The van der Waals surface area contributed by atoms with Crippen molar-refractivity contribution in [1.29, 1.82) is 0 Å². The Balaban J connectivity index is 2.77. The molecule has 0 aliphatic rings. The van der Waals surface area contributed by atoms with Crippen molar-refractivity contribution in [3.05, 3.63) is 30.6 Å². The molecule has 88 valence electrons. The van der Waals surface area contributed by atoms with Crippen LogP contribution in [-0.4, -0.2) is 28.9 Å². The van der Waals surface area contributed by atoms with Crippen molar-refractivity contribution in [3.63, 3.8) is 0 Å². The highest BCUT2D eigenvalue weighted by atomic mass is 16.5. The van der Waals surface area contributed by atoms with Crippen molar-refractivity contribution < 1.29 is 9.53 Å². The number of nitrogens with one attached hydrogen (secondary N) is 1. The maximum atomic E-state index is 11.7. The normalized spacial score (nSPS) is 12.1. The van der Waals surface area contributed by atoms with Crippen LogP contribution < -0.4 is 5.32 Å². The highest BCUT2D eigenvalue weighted by Crippen LogP contribution is 2.13. The van der Waals surface area contributed by atoms with Crippen molar-refractivity contribution in [2.45, 2.75) is 13.0 Å². The van der Waals surface area contributed by atoms with E-state index >= 15 is 0 Å². The smallest absolute Gasteiger partial charge is 0.327 e. The highest BCUT2D eigenvalue weighted by molar-refractivity contribution is 5.77. The Kier molecular flexibility index (Phi) is 4.72. The third-order valence-electron chi connectivity index (χ3n) is 2.05. The molecule has 0 fully saturated rings. The predicted molar refractivity (Wildman–Crippen MR) is 60.8 cm³/mol. The summed E-state index contributed by atoms with van der Waals surface area (Å²) in [6, 6.07) is -0.480. The quantitative estimate of drug-likeness (QED) is 0.572. The largest absolute Gasteiger partial charge is 0.465 e. The molecule has 16 heavy (non-hydrogen) atoms. The number of hydrogen-bond acceptors (Lipinski definition) is 4. The Hall–Kier alpha value is -1.62. The van der Waals surface area contributed by atoms with Crippen molar-refractivity contribution in [2.75, 3.05) is 13.2 Å². The molecule has 0 saturated carbocycles. The van der Waals surface area contributed by atoms with E-state index in [2.05, 4.69) is 17.0 Å². The molecule has 5 nitrogen and oxygen atoms in total. The highest BCUT2D eigenvalue weighted by Gasteiger charge is 2.22. The first-order chi connectivity index (χ1) is 7.69. The fraction of sp³-hybridized carbons (Fsp3) is 0.455. The van der Waals surface area contributed by atoms with Gasteiger partial charge in [-0.05, 0) is 6.92 Å². The maximum Gasteiger partial charge on any atom is 0.327 e. The van der Waals surface area contributed by atoms with Gasteiger partial charge in [-0.3, -0.25) is 10.00 Å². The minimum atomic E-state index is -0.480. The van der Waals surface area contributed by atoms with Crippen molar-refractivity contribution >= 4 is 5.97 Å². The van der Waals surface area contributed by atoms with Gasteiger partial charge in [0.1, 0.15) is 6.04 Å². The third-order valence-corrected chi connectivity index (χ3v) is 2.05. The molecule has 0 bridgehead atoms. The number of rotatable bonds is 6. The molecule has 5 heteroatoms. The fourth-order valence-corrected chi connectivity index (χ4v) is 1.35. The van der Waals surface area contributed by atoms with Gasteiger partial charge in [-0.1, -0.05) is 6.08 Å². The number of nitrogens with zero attached hydrogens (tertiary/aromatic N) is 2. The lowest BCUT2D eigenvalue weighted by Crippen LogP contribution is -2.30. The van der Waals surface area contributed by atoms with Gasteiger partial charge in [-0.25, -0.2) is 4.79 Å². The average molecular weight is 223 g/mol. The third kappa shape index (κ3) is 3.20. The summed E-state index contributed by atoms with van der Waals surface area (Å²) < 4.78 is 6.64. The number of esters is 1. The van der Waals surface area contributed by atoms with Gasteiger partial charge in [0, 0.05) is 25.4 Å². The lowest BCUT2D eigenvalue weighted by Gasteiger charge is -2.14. The Morgan fingerprint density at radius 3 is 3.06 bits per heavy atom. The van der Waals surface area contributed by atoms with Gasteiger partial charge in [0.2, 0.25) is 0 Å². The second kappa shape index (κ2) is 6.07. The van der Waals surface area contributed by atoms with E-state index in [1.165, 1.54) is 0 Å². The molecule has 1 aromatic heterocycles. The molecule has 1 heterocycles. The SMILES string of the molecule is C=CCNC(C(=O)OCC)c1cnn(C)c1. The zero-order chi connectivity index (χ0) is 12.0. The summed E-state index contributed by atoms with van der Waals surface area (Å²) in [6.07, 6.45) is 5.14. The predicted octanol–water partition coefficient (Wildman–Crippen LogP) is 0.800.